The molecule has 2 aliphatic heterocycles. The summed E-state index contributed by atoms with van der Waals surface area (Å²) in [5.74, 6) is 1.00. The Kier molecular flexibility index (Phi) is 7.66. The first-order chi connectivity index (χ1) is 13.5. The van der Waals surface area contributed by atoms with Gasteiger partial charge >= 0.3 is 0 Å². The topological polar surface area (TPSA) is 56.9 Å². The van der Waals surface area contributed by atoms with Crippen molar-refractivity contribution in [2.45, 2.75) is 50.5 Å². The Bertz CT molecular complexity index is 646. The summed E-state index contributed by atoms with van der Waals surface area (Å²) in [7, 11) is 0. The number of anilines is 1. The Hall–Kier alpha value is -1.24. The zero-order valence-electron chi connectivity index (χ0n) is 17.8. The average molecular weight is 404 g/mol. The summed E-state index contributed by atoms with van der Waals surface area (Å²) in [6.45, 7) is 10.5. The molecule has 0 radical (unpaired) electrons. The number of hydrogen-bond donors (Lipinski definition) is 2. The second-order valence-corrected chi connectivity index (χ2v) is 9.64. The van der Waals surface area contributed by atoms with Crippen LogP contribution >= 0.6 is 11.8 Å². The molecule has 2 heterocycles. The van der Waals surface area contributed by atoms with E-state index < -0.39 is 0 Å². The molecule has 6 heteroatoms. The normalized spacial score (nSPS) is 20.0. The van der Waals surface area contributed by atoms with Crippen LogP contribution in [0.4, 0.5) is 5.69 Å². The summed E-state index contributed by atoms with van der Waals surface area (Å²) in [5, 5.41) is 3.65. The molecular weight excluding hydrogens is 366 g/mol. The first-order valence-corrected chi connectivity index (χ1v) is 11.9. The predicted octanol–water partition coefficient (Wildman–Crippen LogP) is 3.72. The molecule has 0 atom stereocenters. The Morgan fingerprint density at radius 2 is 1.86 bits per heavy atom. The number of aliphatic imine (C=N–C) groups is 1. The fraction of sp³-hybridized carbons (Fsp3) is 0.682. The summed E-state index contributed by atoms with van der Waals surface area (Å²) in [6.07, 6.45) is 7.31. The van der Waals surface area contributed by atoms with Crippen LogP contribution in [0.25, 0.3) is 0 Å². The Labute approximate surface area is 175 Å². The van der Waals surface area contributed by atoms with Gasteiger partial charge in [0.15, 0.2) is 5.96 Å². The number of rotatable bonds is 6. The van der Waals surface area contributed by atoms with Gasteiger partial charge in [-0.25, -0.2) is 0 Å². The van der Waals surface area contributed by atoms with Crippen molar-refractivity contribution >= 4 is 23.4 Å². The van der Waals surface area contributed by atoms with Crippen molar-refractivity contribution < 1.29 is 0 Å². The summed E-state index contributed by atoms with van der Waals surface area (Å²) in [6, 6.07) is 9.23. The van der Waals surface area contributed by atoms with E-state index in [0.29, 0.717) is 6.54 Å². The number of thioether (sulfide) groups is 1. The van der Waals surface area contributed by atoms with Gasteiger partial charge in [0, 0.05) is 30.6 Å². The Morgan fingerprint density at radius 3 is 2.50 bits per heavy atom. The molecule has 156 valence electrons. The van der Waals surface area contributed by atoms with Crippen LogP contribution in [0.15, 0.2) is 34.2 Å². The van der Waals surface area contributed by atoms with Gasteiger partial charge in [0.1, 0.15) is 0 Å². The highest BCUT2D eigenvalue weighted by Crippen LogP contribution is 2.26. The van der Waals surface area contributed by atoms with Gasteiger partial charge in [-0.2, -0.15) is 0 Å². The molecule has 5 nitrogen and oxygen atoms in total. The van der Waals surface area contributed by atoms with Crippen LogP contribution in [0.5, 0.6) is 0 Å². The summed E-state index contributed by atoms with van der Waals surface area (Å²) >= 11 is 1.77. The monoisotopic (exact) mass is 403 g/mol. The quantitative estimate of drug-likeness (QED) is 0.431. The Morgan fingerprint density at radius 1 is 1.18 bits per heavy atom. The number of nitrogens with two attached hydrogens (primary N) is 1. The van der Waals surface area contributed by atoms with E-state index >= 15 is 0 Å². The van der Waals surface area contributed by atoms with Crippen LogP contribution < -0.4 is 11.1 Å². The molecule has 0 amide bonds. The average Bonchev–Trinajstić information content (AvgIpc) is 3.26. The highest BCUT2D eigenvalue weighted by molar-refractivity contribution is 7.98. The zero-order valence-corrected chi connectivity index (χ0v) is 18.6. The molecule has 0 saturated carbocycles. The lowest BCUT2D eigenvalue weighted by atomic mass is 9.94. The van der Waals surface area contributed by atoms with Crippen molar-refractivity contribution in [3.8, 4) is 0 Å². The summed E-state index contributed by atoms with van der Waals surface area (Å²) in [4.78, 5) is 11.4. The second kappa shape index (κ2) is 9.99. The first-order valence-electron chi connectivity index (χ1n) is 10.7. The maximum atomic E-state index is 5.95. The van der Waals surface area contributed by atoms with E-state index in [9.17, 15) is 0 Å². The van der Waals surface area contributed by atoms with Crippen LogP contribution in [0, 0.1) is 5.41 Å². The number of hydrogen-bond acceptors (Lipinski definition) is 4. The van der Waals surface area contributed by atoms with Crippen LogP contribution in [-0.4, -0.2) is 67.3 Å². The van der Waals surface area contributed by atoms with Crippen LogP contribution in [0.1, 0.15) is 39.5 Å². The molecular formula is C22H37N5S. The lowest BCUT2D eigenvalue weighted by Gasteiger charge is -2.38. The molecule has 0 bridgehead atoms. The molecule has 0 unspecified atom stereocenters. The molecule has 3 rings (SSSR count). The molecule has 0 aromatic heterocycles. The van der Waals surface area contributed by atoms with E-state index in [4.69, 9.17) is 10.7 Å². The fourth-order valence-corrected chi connectivity index (χ4v) is 4.54. The minimum absolute atomic E-state index is 0.0137. The molecule has 2 saturated heterocycles. The third-order valence-corrected chi connectivity index (χ3v) is 6.78. The van der Waals surface area contributed by atoms with E-state index in [1.807, 2.05) is 0 Å². The number of likely N-dealkylation sites (tertiary alicyclic amines) is 2. The smallest absolute Gasteiger partial charge is 0.198 e. The van der Waals surface area contributed by atoms with Crippen molar-refractivity contribution in [2.75, 3.05) is 50.8 Å². The van der Waals surface area contributed by atoms with Gasteiger partial charge in [-0.3, -0.25) is 4.99 Å². The molecule has 2 aliphatic rings. The molecule has 3 N–H and O–H groups in total. The van der Waals surface area contributed by atoms with Gasteiger partial charge in [0.2, 0.25) is 0 Å². The van der Waals surface area contributed by atoms with E-state index in [1.54, 1.807) is 11.8 Å². The van der Waals surface area contributed by atoms with Crippen LogP contribution in [0.3, 0.4) is 0 Å². The lowest BCUT2D eigenvalue weighted by Crippen LogP contribution is -2.48. The molecule has 0 aliphatic carbocycles. The summed E-state index contributed by atoms with van der Waals surface area (Å²) < 4.78 is 0. The minimum Gasteiger partial charge on any atom is -0.343 e. The number of benzene rings is 1. The third-order valence-electron chi connectivity index (χ3n) is 5.98. The van der Waals surface area contributed by atoms with Crippen molar-refractivity contribution in [3.63, 3.8) is 0 Å². The predicted molar refractivity (Wildman–Crippen MR) is 122 cm³/mol. The van der Waals surface area contributed by atoms with Gasteiger partial charge < -0.3 is 20.9 Å². The van der Waals surface area contributed by atoms with Crippen molar-refractivity contribution in [2.24, 2.45) is 16.1 Å². The van der Waals surface area contributed by atoms with Gasteiger partial charge in [-0.15, -0.1) is 11.8 Å². The van der Waals surface area contributed by atoms with Crippen LogP contribution in [-0.2, 0) is 0 Å². The van der Waals surface area contributed by atoms with Gasteiger partial charge in [0.25, 0.3) is 0 Å². The number of guanidine groups is 1. The van der Waals surface area contributed by atoms with Gasteiger partial charge in [-0.1, -0.05) is 26.0 Å². The lowest BCUT2D eigenvalue weighted by molar-refractivity contribution is 0.163. The second-order valence-electron chi connectivity index (χ2n) is 8.79. The standard InChI is InChI=1S/C22H37N5S/c1-22(2,16-23)17-24-21(25-19-8-4-5-9-20(19)28-3)27-14-10-18(11-15-27)26-12-6-7-13-26/h4-5,8-9,18H,6-7,10-17,23H2,1-3H3,(H,24,25). The SMILES string of the molecule is CSc1ccccc1NC(=NCC(C)(C)CN)N1CCC(N2CCCC2)CC1. The number of piperidine rings is 1. The summed E-state index contributed by atoms with van der Waals surface area (Å²) in [5.41, 5.74) is 7.10. The fourth-order valence-electron chi connectivity index (χ4n) is 3.99. The van der Waals surface area contributed by atoms with Crippen molar-refractivity contribution in [3.05, 3.63) is 24.3 Å². The van der Waals surface area contributed by atoms with Gasteiger partial charge in [-0.05, 0) is 69.1 Å². The van der Waals surface area contributed by atoms with Crippen molar-refractivity contribution in [1.82, 2.24) is 9.80 Å². The zero-order chi connectivity index (χ0) is 20.0. The minimum atomic E-state index is 0.0137. The molecule has 28 heavy (non-hydrogen) atoms. The first kappa shape index (κ1) is 21.5. The van der Waals surface area contributed by atoms with Gasteiger partial charge in [0.05, 0.1) is 5.69 Å². The molecule has 2 fully saturated rings. The number of para-hydroxylation sites is 1. The maximum Gasteiger partial charge on any atom is 0.198 e. The van der Waals surface area contributed by atoms with Crippen molar-refractivity contribution in [1.29, 1.82) is 0 Å². The largest absolute Gasteiger partial charge is 0.343 e. The number of nitrogens with one attached hydrogen (secondary N) is 1. The molecule has 1 aromatic rings. The van der Waals surface area contributed by atoms with E-state index in [0.717, 1.165) is 37.3 Å². The molecule has 1 aromatic carbocycles. The third kappa shape index (κ3) is 5.65. The van der Waals surface area contributed by atoms with E-state index in [1.165, 1.54) is 43.7 Å². The Balaban J connectivity index is 1.72. The molecule has 0 spiro atoms. The van der Waals surface area contributed by atoms with E-state index in [2.05, 4.69) is 59.5 Å². The van der Waals surface area contributed by atoms with E-state index in [-0.39, 0.29) is 5.41 Å². The highest BCUT2D eigenvalue weighted by atomic mass is 32.2. The van der Waals surface area contributed by atoms with Crippen LogP contribution in [0.2, 0.25) is 0 Å². The highest BCUT2D eigenvalue weighted by Gasteiger charge is 2.28. The number of nitrogens with zero attached hydrogens (tertiary/aromatic N) is 3. The maximum absolute atomic E-state index is 5.95.